The van der Waals surface area contributed by atoms with Crippen molar-refractivity contribution in [1.29, 1.82) is 0 Å². The van der Waals surface area contributed by atoms with E-state index in [1.807, 2.05) is 0 Å². The first-order valence-corrected chi connectivity index (χ1v) is 10.7. The largest absolute Gasteiger partial charge is 0.386 e. The number of alkyl halides is 2. The molecule has 2 heterocycles. The summed E-state index contributed by atoms with van der Waals surface area (Å²) in [4.78, 5) is 0. The van der Waals surface area contributed by atoms with Gasteiger partial charge in [-0.1, -0.05) is 12.2 Å². The Bertz CT molecular complexity index is 496. The molecule has 2 aliphatic heterocycles. The fourth-order valence-electron chi connectivity index (χ4n) is 2.99. The Morgan fingerprint density at radius 3 is 2.08 bits per heavy atom. The van der Waals surface area contributed by atoms with Crippen LogP contribution < -0.4 is 0 Å². The average molecular weight is 402 g/mol. The lowest BCUT2D eigenvalue weighted by molar-refractivity contribution is -0.0304. The maximum absolute atomic E-state index is 14.2. The van der Waals surface area contributed by atoms with Crippen molar-refractivity contribution in [1.82, 2.24) is 0 Å². The Morgan fingerprint density at radius 2 is 1.56 bits per heavy atom. The minimum absolute atomic E-state index is 0.0712. The number of rotatable bonds is 8. The molecule has 0 N–H and O–H groups in total. The summed E-state index contributed by atoms with van der Waals surface area (Å²) in [6.07, 6.45) is -6.34. The van der Waals surface area contributed by atoms with E-state index in [4.69, 9.17) is 28.0 Å². The first-order valence-electron chi connectivity index (χ1n) is 7.96. The van der Waals surface area contributed by atoms with Crippen LogP contribution in [-0.4, -0.2) is 91.9 Å². The number of halogens is 2. The second-order valence-electron chi connectivity index (χ2n) is 6.14. The van der Waals surface area contributed by atoms with Crippen molar-refractivity contribution in [2.75, 3.05) is 27.4 Å². The first kappa shape index (κ1) is 21.6. The molecule has 13 heteroatoms. The van der Waals surface area contributed by atoms with Gasteiger partial charge >= 0.3 is 6.80 Å². The molecule has 2 fully saturated rings. The van der Waals surface area contributed by atoms with Crippen molar-refractivity contribution in [2.24, 2.45) is 0 Å². The topological polar surface area (TPSA) is 72.5 Å². The van der Waals surface area contributed by atoms with E-state index in [0.717, 1.165) is 0 Å². The summed E-state index contributed by atoms with van der Waals surface area (Å²) < 4.78 is 71.8. The Hall–Kier alpha value is 0.330. The molecule has 9 atom stereocenters. The van der Waals surface area contributed by atoms with Gasteiger partial charge in [-0.3, -0.25) is 9.05 Å². The molecular weight excluding hydrogens is 379 g/mol. The third kappa shape index (κ3) is 5.19. The van der Waals surface area contributed by atoms with Crippen LogP contribution in [0.25, 0.3) is 0 Å². The Morgan fingerprint density at radius 1 is 1.04 bits per heavy atom. The summed E-state index contributed by atoms with van der Waals surface area (Å²) in [5.74, 6) is 0. The van der Waals surface area contributed by atoms with E-state index in [1.54, 1.807) is 15.7 Å². The highest BCUT2D eigenvalue weighted by Gasteiger charge is 2.48. The zero-order chi connectivity index (χ0) is 18.8. The van der Waals surface area contributed by atoms with Crippen molar-refractivity contribution in [2.45, 2.75) is 48.8 Å². The number of hydrogen-bond acceptors (Lipinski definition) is 7. The summed E-state index contributed by atoms with van der Waals surface area (Å²) in [7, 11) is 5.89. The third-order valence-electron chi connectivity index (χ3n) is 4.30. The quantitative estimate of drug-likeness (QED) is 0.333. The van der Waals surface area contributed by atoms with E-state index in [-0.39, 0.29) is 13.2 Å². The second-order valence-corrected chi connectivity index (χ2v) is 9.01. The second kappa shape index (κ2) is 9.01. The molecule has 7 nitrogen and oxygen atoms in total. The molecule has 3 unspecified atom stereocenters. The lowest BCUT2D eigenvalue weighted by Crippen LogP contribution is -2.35. The van der Waals surface area contributed by atoms with Gasteiger partial charge in [-0.2, -0.15) is 0 Å². The maximum atomic E-state index is 14.2. The maximum Gasteiger partial charge on any atom is 0.386 e. The Balaban J connectivity index is 1.94. The lowest BCUT2D eigenvalue weighted by atomic mass is 9.94. The van der Waals surface area contributed by atoms with Gasteiger partial charge in [-0.25, -0.2) is 13.3 Å². The van der Waals surface area contributed by atoms with Gasteiger partial charge in [-0.05, 0) is 0 Å². The van der Waals surface area contributed by atoms with Crippen LogP contribution in [0.15, 0.2) is 0 Å². The van der Waals surface area contributed by atoms with Gasteiger partial charge in [-0.15, -0.1) is 0 Å². The van der Waals surface area contributed by atoms with Crippen LogP contribution in [-0.2, 0) is 32.6 Å². The molecule has 0 bridgehead atoms. The first-order chi connectivity index (χ1) is 11.7. The van der Waals surface area contributed by atoms with Crippen molar-refractivity contribution in [3.63, 3.8) is 0 Å². The normalized spacial score (nSPS) is 44.0. The van der Waals surface area contributed by atoms with Crippen LogP contribution in [0.4, 0.5) is 8.78 Å². The molecule has 0 aliphatic carbocycles. The van der Waals surface area contributed by atoms with Crippen molar-refractivity contribution >= 4 is 34.7 Å². The van der Waals surface area contributed by atoms with Crippen LogP contribution >= 0.6 is 19.0 Å². The van der Waals surface area contributed by atoms with Crippen molar-refractivity contribution < 1.29 is 41.3 Å². The standard InChI is InChI=1S/C12H23B2F2O7PS/c1-18-3-5-10(8(16)12(14)21-5)23-24(17,25)20-4-6-9(19-2)7(15)11(13)22-6/h5-12H,3-4,13-14H2,1-2H3,(H,17,25)/t5-,6-,7+,8+,9?,10?,11-,12-,24?/m1/s1. The van der Waals surface area contributed by atoms with E-state index in [1.165, 1.54) is 14.2 Å². The highest BCUT2D eigenvalue weighted by molar-refractivity contribution is 8.44. The highest BCUT2D eigenvalue weighted by atomic mass is 32.7. The van der Waals surface area contributed by atoms with Gasteiger partial charge in [0.25, 0.3) is 0 Å². The van der Waals surface area contributed by atoms with E-state index >= 15 is 0 Å². The average Bonchev–Trinajstić information content (AvgIpc) is 2.97. The number of thiol groups is 1. The van der Waals surface area contributed by atoms with Crippen LogP contribution in [0.5, 0.6) is 0 Å². The van der Waals surface area contributed by atoms with Gasteiger partial charge in [0.15, 0.2) is 0 Å². The fraction of sp³-hybridized carbons (Fsp3) is 1.00. The van der Waals surface area contributed by atoms with E-state index in [9.17, 15) is 13.3 Å². The number of hydrogen-bond donors (Lipinski definition) is 1. The molecule has 0 aromatic carbocycles. The van der Waals surface area contributed by atoms with E-state index in [2.05, 4.69) is 12.2 Å². The van der Waals surface area contributed by atoms with Crippen molar-refractivity contribution in [3.8, 4) is 0 Å². The molecule has 2 saturated heterocycles. The van der Waals surface area contributed by atoms with E-state index in [0.29, 0.717) is 0 Å². The summed E-state index contributed by atoms with van der Waals surface area (Å²) in [5, 5.41) is 0. The molecule has 0 radical (unpaired) electrons. The molecular formula is C12H23B2F2O7PS. The summed E-state index contributed by atoms with van der Waals surface area (Å²) in [6, 6.07) is -1.41. The van der Waals surface area contributed by atoms with Crippen LogP contribution in [0.1, 0.15) is 0 Å². The number of methoxy groups -OCH3 is 2. The molecule has 0 amide bonds. The summed E-state index contributed by atoms with van der Waals surface area (Å²) in [5.41, 5.74) is 0. The highest BCUT2D eigenvalue weighted by Crippen LogP contribution is 2.56. The third-order valence-corrected chi connectivity index (χ3v) is 5.91. The van der Waals surface area contributed by atoms with Gasteiger partial charge in [0.2, 0.25) is 0 Å². The molecule has 0 aromatic rings. The van der Waals surface area contributed by atoms with Gasteiger partial charge in [0.1, 0.15) is 52.5 Å². The number of ether oxygens (including phenoxy) is 4. The predicted molar refractivity (Wildman–Crippen MR) is 94.3 cm³/mol. The molecule has 144 valence electrons. The van der Waals surface area contributed by atoms with Gasteiger partial charge in [0.05, 0.1) is 25.2 Å². The minimum Gasteiger partial charge on any atom is -0.382 e. The monoisotopic (exact) mass is 402 g/mol. The van der Waals surface area contributed by atoms with Gasteiger partial charge < -0.3 is 18.9 Å². The SMILES string of the molecule is B[C@@H]1O[C@H](COP(=O)(S)OC2[C@@H](COC)O[C@@H](B)[C@H]2F)C(OC)[C@@H]1F. The smallest absolute Gasteiger partial charge is 0.382 e. The Kier molecular flexibility index (Phi) is 7.80. The Labute approximate surface area is 152 Å². The molecule has 2 rings (SSSR count). The molecule has 0 spiro atoms. The molecule has 2 aliphatic rings. The fourth-order valence-corrected chi connectivity index (χ4v) is 4.48. The molecule has 0 saturated carbocycles. The lowest BCUT2D eigenvalue weighted by Gasteiger charge is -2.24. The summed E-state index contributed by atoms with van der Waals surface area (Å²) in [6.45, 7) is -4.13. The predicted octanol–water partition coefficient (Wildman–Crippen LogP) is -0.520. The van der Waals surface area contributed by atoms with Crippen LogP contribution in [0.3, 0.4) is 0 Å². The van der Waals surface area contributed by atoms with Crippen molar-refractivity contribution in [3.05, 3.63) is 0 Å². The van der Waals surface area contributed by atoms with Crippen LogP contribution in [0.2, 0.25) is 0 Å². The van der Waals surface area contributed by atoms with Crippen LogP contribution in [0, 0.1) is 0 Å². The minimum atomic E-state index is -3.93. The van der Waals surface area contributed by atoms with E-state index < -0.39 is 55.6 Å². The van der Waals surface area contributed by atoms with Gasteiger partial charge in [0, 0.05) is 14.2 Å². The molecule has 0 aromatic heterocycles. The summed E-state index contributed by atoms with van der Waals surface area (Å²) >= 11 is 3.88. The molecule has 25 heavy (non-hydrogen) atoms. The zero-order valence-corrected chi connectivity index (χ0v) is 16.3. The zero-order valence-electron chi connectivity index (χ0n) is 14.5.